The Morgan fingerprint density at radius 1 is 1.10 bits per heavy atom. The number of urea groups is 1. The van der Waals surface area contributed by atoms with Crippen molar-refractivity contribution in [3.05, 3.63) is 48.0 Å². The SMILES string of the molecule is CC[C@@H]1CN(C(=O)NC(C)C)CC[C@H]1CC(=O)NCc1cccc2ccccc12. The predicted molar refractivity (Wildman–Crippen MR) is 118 cm³/mol. The van der Waals surface area contributed by atoms with Crippen LogP contribution in [0.5, 0.6) is 0 Å². The first-order chi connectivity index (χ1) is 14.0. The highest BCUT2D eigenvalue weighted by atomic mass is 16.2. The molecule has 0 aliphatic carbocycles. The Hall–Kier alpha value is -2.56. The Morgan fingerprint density at radius 2 is 1.86 bits per heavy atom. The van der Waals surface area contributed by atoms with E-state index in [4.69, 9.17) is 0 Å². The van der Waals surface area contributed by atoms with E-state index in [1.54, 1.807) is 0 Å². The van der Waals surface area contributed by atoms with E-state index in [0.29, 0.717) is 24.8 Å². The minimum absolute atomic E-state index is 0.0114. The number of hydrogen-bond donors (Lipinski definition) is 2. The highest BCUT2D eigenvalue weighted by Gasteiger charge is 2.31. The van der Waals surface area contributed by atoms with Gasteiger partial charge in [0.2, 0.25) is 5.91 Å². The van der Waals surface area contributed by atoms with Gasteiger partial charge in [-0.1, -0.05) is 55.8 Å². The molecule has 2 aromatic carbocycles. The van der Waals surface area contributed by atoms with Crippen molar-refractivity contribution < 1.29 is 9.59 Å². The van der Waals surface area contributed by atoms with Gasteiger partial charge in [-0.15, -0.1) is 0 Å². The number of piperidine rings is 1. The first kappa shape index (κ1) is 21.2. The number of benzene rings is 2. The van der Waals surface area contributed by atoms with Gasteiger partial charge in [-0.2, -0.15) is 0 Å². The van der Waals surface area contributed by atoms with Crippen molar-refractivity contribution in [2.45, 2.75) is 52.6 Å². The summed E-state index contributed by atoms with van der Waals surface area (Å²) in [5.41, 5.74) is 1.14. The molecular formula is C24H33N3O2. The molecule has 1 aliphatic rings. The fourth-order valence-corrected chi connectivity index (χ4v) is 4.29. The lowest BCUT2D eigenvalue weighted by atomic mass is 9.81. The standard InChI is InChI=1S/C24H33N3O2/c1-4-18-16-27(24(29)26-17(2)3)13-12-20(18)14-23(28)25-15-21-10-7-9-19-8-5-6-11-22(19)21/h5-11,17-18,20H,4,12-16H2,1-3H3,(H,25,28)(H,26,29)/t18-,20+/m1/s1. The van der Waals surface area contributed by atoms with E-state index in [1.807, 2.05) is 36.9 Å². The first-order valence-electron chi connectivity index (χ1n) is 10.8. The molecule has 0 bridgehead atoms. The Morgan fingerprint density at radius 3 is 2.62 bits per heavy atom. The van der Waals surface area contributed by atoms with Gasteiger partial charge in [-0.25, -0.2) is 4.79 Å². The van der Waals surface area contributed by atoms with E-state index >= 15 is 0 Å². The fraction of sp³-hybridized carbons (Fsp3) is 0.500. The molecule has 0 radical (unpaired) electrons. The molecule has 5 nitrogen and oxygen atoms in total. The van der Waals surface area contributed by atoms with E-state index in [0.717, 1.165) is 31.5 Å². The van der Waals surface area contributed by atoms with Crippen molar-refractivity contribution in [2.75, 3.05) is 13.1 Å². The van der Waals surface area contributed by atoms with Crippen molar-refractivity contribution in [3.8, 4) is 0 Å². The molecule has 156 valence electrons. The molecule has 2 N–H and O–H groups in total. The third-order valence-corrected chi connectivity index (χ3v) is 5.92. The van der Waals surface area contributed by atoms with Gasteiger partial charge < -0.3 is 15.5 Å². The lowest BCUT2D eigenvalue weighted by Gasteiger charge is -2.38. The molecule has 2 atom stereocenters. The molecule has 0 aromatic heterocycles. The maximum Gasteiger partial charge on any atom is 0.317 e. The molecule has 29 heavy (non-hydrogen) atoms. The molecule has 0 unspecified atom stereocenters. The highest BCUT2D eigenvalue weighted by molar-refractivity contribution is 5.86. The van der Waals surface area contributed by atoms with Crippen LogP contribution in [0.1, 0.15) is 45.6 Å². The molecule has 3 amide bonds. The molecule has 2 aromatic rings. The van der Waals surface area contributed by atoms with Gasteiger partial charge in [0.15, 0.2) is 0 Å². The molecule has 0 spiro atoms. The number of fused-ring (bicyclic) bond motifs is 1. The monoisotopic (exact) mass is 395 g/mol. The molecule has 3 rings (SSSR count). The summed E-state index contributed by atoms with van der Waals surface area (Å²) in [4.78, 5) is 26.8. The summed E-state index contributed by atoms with van der Waals surface area (Å²) in [6.45, 7) is 8.10. The second kappa shape index (κ2) is 9.77. The number of rotatable bonds is 6. The molecule has 1 fully saturated rings. The Balaban J connectivity index is 1.54. The number of likely N-dealkylation sites (tertiary alicyclic amines) is 1. The lowest BCUT2D eigenvalue weighted by Crippen LogP contribution is -2.50. The Kier molecular flexibility index (Phi) is 7.13. The summed E-state index contributed by atoms with van der Waals surface area (Å²) in [5.74, 6) is 0.794. The fourth-order valence-electron chi connectivity index (χ4n) is 4.29. The third kappa shape index (κ3) is 5.49. The van der Waals surface area contributed by atoms with E-state index < -0.39 is 0 Å². The minimum atomic E-state index is 0.0114. The van der Waals surface area contributed by atoms with Crippen LogP contribution < -0.4 is 10.6 Å². The van der Waals surface area contributed by atoms with E-state index in [1.165, 1.54) is 10.8 Å². The van der Waals surface area contributed by atoms with Crippen LogP contribution in [0.2, 0.25) is 0 Å². The van der Waals surface area contributed by atoms with Gasteiger partial charge in [0.05, 0.1) is 0 Å². The summed E-state index contributed by atoms with van der Waals surface area (Å²) in [7, 11) is 0. The maximum atomic E-state index is 12.6. The summed E-state index contributed by atoms with van der Waals surface area (Å²) < 4.78 is 0. The molecular weight excluding hydrogens is 362 g/mol. The smallest absolute Gasteiger partial charge is 0.317 e. The van der Waals surface area contributed by atoms with Crippen molar-refractivity contribution >= 4 is 22.7 Å². The second-order valence-electron chi connectivity index (χ2n) is 8.39. The van der Waals surface area contributed by atoms with E-state index in [-0.39, 0.29) is 18.0 Å². The summed E-state index contributed by atoms with van der Waals surface area (Å²) >= 11 is 0. The van der Waals surface area contributed by atoms with Gasteiger partial charge >= 0.3 is 6.03 Å². The van der Waals surface area contributed by atoms with Crippen LogP contribution in [-0.4, -0.2) is 36.0 Å². The minimum Gasteiger partial charge on any atom is -0.352 e. The third-order valence-electron chi connectivity index (χ3n) is 5.92. The maximum absolute atomic E-state index is 12.6. The largest absolute Gasteiger partial charge is 0.352 e. The number of nitrogens with zero attached hydrogens (tertiary/aromatic N) is 1. The number of hydrogen-bond acceptors (Lipinski definition) is 2. The molecule has 1 heterocycles. The van der Waals surface area contributed by atoms with Crippen LogP contribution in [0, 0.1) is 11.8 Å². The van der Waals surface area contributed by atoms with Crippen molar-refractivity contribution in [1.29, 1.82) is 0 Å². The van der Waals surface area contributed by atoms with Gasteiger partial charge in [0.1, 0.15) is 0 Å². The van der Waals surface area contributed by atoms with Crippen LogP contribution in [0.4, 0.5) is 4.79 Å². The lowest BCUT2D eigenvalue weighted by molar-refractivity contribution is -0.123. The number of carbonyl (C=O) groups is 2. The van der Waals surface area contributed by atoms with Crippen molar-refractivity contribution in [3.63, 3.8) is 0 Å². The second-order valence-corrected chi connectivity index (χ2v) is 8.39. The summed E-state index contributed by atoms with van der Waals surface area (Å²) in [5, 5.41) is 8.46. The molecule has 0 saturated carbocycles. The summed E-state index contributed by atoms with van der Waals surface area (Å²) in [6, 6.07) is 14.6. The number of carbonyl (C=O) groups excluding carboxylic acids is 2. The van der Waals surface area contributed by atoms with Crippen molar-refractivity contribution in [2.24, 2.45) is 11.8 Å². The zero-order valence-electron chi connectivity index (χ0n) is 17.8. The quantitative estimate of drug-likeness (QED) is 0.765. The Labute approximate surface area is 173 Å². The number of nitrogens with one attached hydrogen (secondary N) is 2. The van der Waals surface area contributed by atoms with Crippen LogP contribution >= 0.6 is 0 Å². The average Bonchev–Trinajstić information content (AvgIpc) is 2.72. The topological polar surface area (TPSA) is 61.4 Å². The van der Waals surface area contributed by atoms with Gasteiger partial charge in [-0.3, -0.25) is 4.79 Å². The average molecular weight is 396 g/mol. The van der Waals surface area contributed by atoms with E-state index in [9.17, 15) is 9.59 Å². The summed E-state index contributed by atoms with van der Waals surface area (Å²) in [6.07, 6.45) is 2.39. The zero-order valence-corrected chi connectivity index (χ0v) is 17.8. The highest BCUT2D eigenvalue weighted by Crippen LogP contribution is 2.29. The molecule has 1 saturated heterocycles. The van der Waals surface area contributed by atoms with Gasteiger partial charge in [0, 0.05) is 32.1 Å². The van der Waals surface area contributed by atoms with Gasteiger partial charge in [0.25, 0.3) is 0 Å². The van der Waals surface area contributed by atoms with E-state index in [2.05, 4.69) is 41.8 Å². The van der Waals surface area contributed by atoms with Crippen LogP contribution in [0.25, 0.3) is 10.8 Å². The van der Waals surface area contributed by atoms with Crippen LogP contribution in [0.15, 0.2) is 42.5 Å². The first-order valence-corrected chi connectivity index (χ1v) is 10.8. The zero-order chi connectivity index (χ0) is 20.8. The number of amides is 3. The van der Waals surface area contributed by atoms with Crippen molar-refractivity contribution in [1.82, 2.24) is 15.5 Å². The predicted octanol–water partition coefficient (Wildman–Crippen LogP) is 4.31. The van der Waals surface area contributed by atoms with Gasteiger partial charge in [-0.05, 0) is 48.4 Å². The van der Waals surface area contributed by atoms with Crippen LogP contribution in [0.3, 0.4) is 0 Å². The van der Waals surface area contributed by atoms with Crippen LogP contribution in [-0.2, 0) is 11.3 Å². The molecule has 1 aliphatic heterocycles. The normalized spacial score (nSPS) is 19.4. The molecule has 5 heteroatoms. The Bertz CT molecular complexity index is 844.